The molecule has 1 atom stereocenters. The molecule has 0 nitrogen and oxygen atoms in total. The average molecular weight is 93.6 g/mol. The first-order valence-corrected chi connectivity index (χ1v) is 2.27. The summed E-state index contributed by atoms with van der Waals surface area (Å²) < 4.78 is 6.74. The van der Waals surface area contributed by atoms with Gasteiger partial charge in [-0.25, -0.2) is 0 Å². The molecular formula is C4H9Cl. The van der Waals surface area contributed by atoms with E-state index in [1.54, 1.807) is 0 Å². The van der Waals surface area contributed by atoms with Gasteiger partial charge in [0.05, 0.1) is 0 Å². The van der Waals surface area contributed by atoms with Crippen molar-refractivity contribution in [2.75, 3.05) is 5.86 Å². The van der Waals surface area contributed by atoms with Crippen LogP contribution in [0.25, 0.3) is 0 Å². The van der Waals surface area contributed by atoms with Crippen LogP contribution < -0.4 is 0 Å². The molecule has 0 aliphatic rings. The van der Waals surface area contributed by atoms with Gasteiger partial charge in [0.1, 0.15) is 0 Å². The summed E-state index contributed by atoms with van der Waals surface area (Å²) in [5.41, 5.74) is 0. The molecule has 0 rings (SSSR count). The lowest BCUT2D eigenvalue weighted by molar-refractivity contribution is 0.892. The van der Waals surface area contributed by atoms with Gasteiger partial charge in [-0.15, -0.1) is 11.6 Å². The highest BCUT2D eigenvalue weighted by molar-refractivity contribution is 6.17. The van der Waals surface area contributed by atoms with Crippen LogP contribution in [0, 0.1) is 0 Å². The minimum absolute atomic E-state index is 0.380. The lowest BCUT2D eigenvalue weighted by Crippen LogP contribution is -1.65. The van der Waals surface area contributed by atoms with Gasteiger partial charge in [0, 0.05) is 7.23 Å². The molecule has 0 aromatic rings. The second-order valence-electron chi connectivity index (χ2n) is 0.943. The van der Waals surface area contributed by atoms with Gasteiger partial charge < -0.3 is 0 Å². The fourth-order valence-corrected chi connectivity index (χ4v) is 0.327. The predicted molar refractivity (Wildman–Crippen MR) is 25.6 cm³/mol. The van der Waals surface area contributed by atoms with Crippen molar-refractivity contribution in [1.82, 2.24) is 0 Å². The Labute approximate surface area is 39.5 Å². The topological polar surface area (TPSA) is 0 Å². The normalized spacial score (nSPS) is 17.6. The highest BCUT2D eigenvalue weighted by atomic mass is 35.5. The molecule has 32 valence electrons. The van der Waals surface area contributed by atoms with E-state index in [0.717, 1.165) is 12.8 Å². The average Bonchev–Trinajstić information content (AvgIpc) is 1.35. The fourth-order valence-electron chi connectivity index (χ4n) is 0.109. The summed E-state index contributed by atoms with van der Waals surface area (Å²) in [4.78, 5) is 0. The Morgan fingerprint density at radius 2 is 2.60 bits per heavy atom. The number of hydrogen-bond acceptors (Lipinski definition) is 0. The standard InChI is InChI=1S/C4H9Cl/c1-2-3-4-5/h2-4H2,1H3/i4D. The minimum Gasteiger partial charge on any atom is -0.127 e. The molecule has 0 bridgehead atoms. The summed E-state index contributed by atoms with van der Waals surface area (Å²) >= 11 is 5.24. The number of alkyl halides is 1. The van der Waals surface area contributed by atoms with E-state index in [9.17, 15) is 0 Å². The Morgan fingerprint density at radius 3 is 2.60 bits per heavy atom. The molecule has 0 aromatic heterocycles. The third-order valence-electron chi connectivity index (χ3n) is 0.398. The Kier molecular flexibility index (Phi) is 2.99. The van der Waals surface area contributed by atoms with Gasteiger partial charge in [0.2, 0.25) is 0 Å². The summed E-state index contributed by atoms with van der Waals surface area (Å²) in [6.45, 7) is 2.02. The smallest absolute Gasteiger partial charge is 0.0435 e. The van der Waals surface area contributed by atoms with Crippen LogP contribution in [-0.4, -0.2) is 5.86 Å². The largest absolute Gasteiger partial charge is 0.127 e. The highest BCUT2D eigenvalue weighted by Crippen LogP contribution is 1.86. The molecule has 0 N–H and O–H groups in total. The first-order chi connectivity index (χ1) is 2.77. The second-order valence-corrected chi connectivity index (χ2v) is 1.25. The molecule has 0 saturated heterocycles. The van der Waals surface area contributed by atoms with Crippen LogP contribution in [0.2, 0.25) is 0 Å². The van der Waals surface area contributed by atoms with Gasteiger partial charge in [-0.1, -0.05) is 13.3 Å². The van der Waals surface area contributed by atoms with Crippen molar-refractivity contribution >= 4 is 11.6 Å². The van der Waals surface area contributed by atoms with Gasteiger partial charge in [-0.3, -0.25) is 0 Å². The maximum Gasteiger partial charge on any atom is 0.0435 e. The van der Waals surface area contributed by atoms with Crippen LogP contribution in [0.15, 0.2) is 0 Å². The Bertz CT molecular complexity index is 28.7. The molecular weight excluding hydrogens is 83.5 g/mol. The molecule has 0 aliphatic carbocycles. The SMILES string of the molecule is [2H]C(Cl)CCC. The van der Waals surface area contributed by atoms with E-state index in [4.69, 9.17) is 13.0 Å². The minimum atomic E-state index is -0.380. The third-order valence-corrected chi connectivity index (χ3v) is 0.616. The van der Waals surface area contributed by atoms with E-state index < -0.39 is 0 Å². The van der Waals surface area contributed by atoms with Crippen molar-refractivity contribution in [3.8, 4) is 0 Å². The first-order valence-electron chi connectivity index (χ1n) is 2.41. The molecule has 1 heteroatoms. The van der Waals surface area contributed by atoms with Gasteiger partial charge >= 0.3 is 0 Å². The van der Waals surface area contributed by atoms with E-state index in [1.165, 1.54) is 0 Å². The Balaban J connectivity index is 2.63. The molecule has 0 aromatic carbocycles. The van der Waals surface area contributed by atoms with Crippen molar-refractivity contribution in [3.63, 3.8) is 0 Å². The molecule has 0 radical (unpaired) electrons. The van der Waals surface area contributed by atoms with Crippen LogP contribution in [0.5, 0.6) is 0 Å². The highest BCUT2D eigenvalue weighted by Gasteiger charge is 1.70. The van der Waals surface area contributed by atoms with E-state index in [1.807, 2.05) is 6.92 Å². The zero-order valence-electron chi connectivity index (χ0n) is 4.37. The first kappa shape index (κ1) is 3.48. The second kappa shape index (κ2) is 4.29. The van der Waals surface area contributed by atoms with E-state index >= 15 is 0 Å². The van der Waals surface area contributed by atoms with Crippen LogP contribution in [0.4, 0.5) is 0 Å². The zero-order chi connectivity index (χ0) is 4.99. The molecule has 0 spiro atoms. The Morgan fingerprint density at radius 1 is 2.00 bits per heavy atom. The fraction of sp³-hybridized carbons (Fsp3) is 1.00. The predicted octanol–water partition coefficient (Wildman–Crippen LogP) is 2.03. The maximum absolute atomic E-state index is 6.74. The van der Waals surface area contributed by atoms with Crippen LogP contribution in [0.1, 0.15) is 21.1 Å². The molecule has 1 unspecified atom stereocenters. The van der Waals surface area contributed by atoms with Crippen LogP contribution >= 0.6 is 11.6 Å². The quantitative estimate of drug-likeness (QED) is 0.459. The lowest BCUT2D eigenvalue weighted by Gasteiger charge is -1.77. The zero-order valence-corrected chi connectivity index (χ0v) is 4.13. The van der Waals surface area contributed by atoms with Crippen molar-refractivity contribution < 1.29 is 1.37 Å². The number of rotatable bonds is 2. The van der Waals surface area contributed by atoms with E-state index in [2.05, 4.69) is 0 Å². The molecule has 0 saturated carbocycles. The lowest BCUT2D eigenvalue weighted by atomic mass is 10.4. The van der Waals surface area contributed by atoms with Crippen molar-refractivity contribution in [2.24, 2.45) is 0 Å². The molecule has 0 amide bonds. The third kappa shape index (κ3) is 4.29. The summed E-state index contributed by atoms with van der Waals surface area (Å²) in [6.07, 6.45) is 1.82. The van der Waals surface area contributed by atoms with Crippen LogP contribution in [-0.2, 0) is 0 Å². The van der Waals surface area contributed by atoms with E-state index in [0.29, 0.717) is 0 Å². The van der Waals surface area contributed by atoms with Gasteiger partial charge in [-0.05, 0) is 6.42 Å². The summed E-state index contributed by atoms with van der Waals surface area (Å²) in [5.74, 6) is -0.380. The van der Waals surface area contributed by atoms with Crippen molar-refractivity contribution in [3.05, 3.63) is 0 Å². The number of halogens is 1. The molecule has 0 aliphatic heterocycles. The monoisotopic (exact) mass is 93.0 g/mol. The molecule has 5 heavy (non-hydrogen) atoms. The van der Waals surface area contributed by atoms with Crippen molar-refractivity contribution in [2.45, 2.75) is 19.8 Å². The van der Waals surface area contributed by atoms with Gasteiger partial charge in [0.25, 0.3) is 0 Å². The summed E-state index contributed by atoms with van der Waals surface area (Å²) in [7, 11) is 0. The maximum atomic E-state index is 6.74. The number of hydrogen-bond donors (Lipinski definition) is 0. The summed E-state index contributed by atoms with van der Waals surface area (Å²) in [5, 5.41) is 0. The van der Waals surface area contributed by atoms with Gasteiger partial charge in [0.15, 0.2) is 0 Å². The summed E-state index contributed by atoms with van der Waals surface area (Å²) in [6, 6.07) is 0. The van der Waals surface area contributed by atoms with E-state index in [-0.39, 0.29) is 5.86 Å². The van der Waals surface area contributed by atoms with Crippen molar-refractivity contribution in [1.29, 1.82) is 0 Å². The molecule has 0 heterocycles. The van der Waals surface area contributed by atoms with Gasteiger partial charge in [-0.2, -0.15) is 0 Å². The van der Waals surface area contributed by atoms with Crippen LogP contribution in [0.3, 0.4) is 0 Å². The molecule has 0 fully saturated rings. The Hall–Kier alpha value is 0.290.